The fourth-order valence-electron chi connectivity index (χ4n) is 12.7. The molecule has 0 rings (SSSR count). The molecule has 9 nitrogen and oxygen atoms in total. The number of unbranched alkanes of at least 4 members (excludes halogenated alkanes) is 56. The highest BCUT2D eigenvalue weighted by atomic mass is 16.7. The van der Waals surface area contributed by atoms with Gasteiger partial charge in [0.2, 0.25) is 0 Å². The average Bonchev–Trinajstić information content (AvgIpc) is 3.54. The number of quaternary nitrogens is 1. The Balaban J connectivity index is 3.92. The number of carbonyl (C=O) groups is 3. The second-order valence-corrected chi connectivity index (χ2v) is 29.8. The van der Waals surface area contributed by atoms with Gasteiger partial charge < -0.3 is 33.3 Å². The summed E-state index contributed by atoms with van der Waals surface area (Å²) < 4.78 is 22.9. The minimum Gasteiger partial charge on any atom is -0.545 e. The van der Waals surface area contributed by atoms with Crippen molar-refractivity contribution < 1.29 is 42.9 Å². The number of nitrogens with zero attached hydrogens (tertiary/aromatic N) is 1. The third kappa shape index (κ3) is 78.5. The lowest BCUT2D eigenvalue weighted by molar-refractivity contribution is -0.870. The summed E-state index contributed by atoms with van der Waals surface area (Å²) >= 11 is 0. The molecule has 0 N–H and O–H groups in total. The van der Waals surface area contributed by atoms with Crippen molar-refractivity contribution in [3.05, 3.63) is 48.6 Å². The Bertz CT molecular complexity index is 1700. The largest absolute Gasteiger partial charge is 0.545 e. The Morgan fingerprint density at radius 2 is 0.568 bits per heavy atom. The summed E-state index contributed by atoms with van der Waals surface area (Å²) in [4.78, 5) is 37.6. The molecule has 0 saturated heterocycles. The summed E-state index contributed by atoms with van der Waals surface area (Å²) in [5, 5.41) is 11.9. The standard InChI is InChI=1S/C86H161NO8/c1-6-8-10-12-14-16-18-20-22-24-26-28-30-32-34-36-37-38-39-40-41-42-43-44-45-46-47-49-51-53-55-57-59-61-63-65-67-69-71-73-75-77-84(89)95-82(81-94-86(85(90)91)92-79-78-87(3,4)5)80-93-83(88)76-74-72-70-68-66-64-62-60-58-56-54-52-50-48-35-33-31-29-27-25-23-21-19-17-15-13-11-9-7-2/h18-21,24-27,82,86H,6-17,22-23,28-81H2,1-5H3/b20-18-,21-19-,26-24-,27-25-. The topological polar surface area (TPSA) is 111 Å². The summed E-state index contributed by atoms with van der Waals surface area (Å²) in [7, 11) is 5.95. The maximum Gasteiger partial charge on any atom is 0.306 e. The molecular formula is C86H161NO8. The zero-order valence-electron chi connectivity index (χ0n) is 64.1. The first kappa shape index (κ1) is 92.2. The minimum absolute atomic E-state index is 0.151. The van der Waals surface area contributed by atoms with Gasteiger partial charge in [0.1, 0.15) is 13.2 Å². The van der Waals surface area contributed by atoms with Gasteiger partial charge >= 0.3 is 11.9 Å². The maximum absolute atomic E-state index is 13.0. The lowest BCUT2D eigenvalue weighted by Crippen LogP contribution is -2.44. The van der Waals surface area contributed by atoms with Gasteiger partial charge in [-0.3, -0.25) is 9.59 Å². The third-order valence-corrected chi connectivity index (χ3v) is 19.0. The van der Waals surface area contributed by atoms with Gasteiger partial charge in [-0.25, -0.2) is 0 Å². The number of aliphatic carboxylic acids is 1. The van der Waals surface area contributed by atoms with E-state index in [2.05, 4.69) is 62.5 Å². The number of carbonyl (C=O) groups excluding carboxylic acids is 3. The Kier molecular flexibility index (Phi) is 74.8. The van der Waals surface area contributed by atoms with E-state index in [1.54, 1.807) is 0 Å². The predicted molar refractivity (Wildman–Crippen MR) is 408 cm³/mol. The Hall–Kier alpha value is -2.75. The van der Waals surface area contributed by atoms with Gasteiger partial charge in [-0.15, -0.1) is 0 Å². The molecule has 558 valence electrons. The smallest absolute Gasteiger partial charge is 0.306 e. The van der Waals surface area contributed by atoms with Gasteiger partial charge in [0.05, 0.1) is 40.3 Å². The molecule has 0 aliphatic carbocycles. The summed E-state index contributed by atoms with van der Waals surface area (Å²) in [6.45, 7) is 4.80. The molecule has 0 radical (unpaired) electrons. The van der Waals surface area contributed by atoms with Gasteiger partial charge in [-0.2, -0.15) is 0 Å². The van der Waals surface area contributed by atoms with Crippen LogP contribution >= 0.6 is 0 Å². The zero-order chi connectivity index (χ0) is 69.0. The summed E-state index contributed by atoms with van der Waals surface area (Å²) in [5.41, 5.74) is 0. The van der Waals surface area contributed by atoms with Crippen LogP contribution in [0.2, 0.25) is 0 Å². The van der Waals surface area contributed by atoms with Crippen molar-refractivity contribution >= 4 is 17.9 Å². The van der Waals surface area contributed by atoms with E-state index in [0.717, 1.165) is 51.4 Å². The van der Waals surface area contributed by atoms with E-state index in [0.29, 0.717) is 17.4 Å². The molecule has 0 aliphatic heterocycles. The molecule has 0 heterocycles. The molecule has 0 aliphatic rings. The molecule has 0 aromatic carbocycles. The number of likely N-dealkylation sites (N-methyl/N-ethyl adjacent to an activating group) is 1. The molecule has 2 unspecified atom stereocenters. The summed E-state index contributed by atoms with van der Waals surface area (Å²) in [6.07, 6.45) is 98.3. The van der Waals surface area contributed by atoms with E-state index < -0.39 is 24.3 Å². The molecule has 95 heavy (non-hydrogen) atoms. The Morgan fingerprint density at radius 3 is 0.832 bits per heavy atom. The van der Waals surface area contributed by atoms with Crippen molar-refractivity contribution in [3.8, 4) is 0 Å². The molecular weight excluding hydrogens is 1170 g/mol. The lowest BCUT2D eigenvalue weighted by Gasteiger charge is -2.26. The fraction of sp³-hybridized carbons (Fsp3) is 0.872. The number of ether oxygens (including phenoxy) is 4. The molecule has 0 bridgehead atoms. The van der Waals surface area contributed by atoms with Gasteiger partial charge in [-0.1, -0.05) is 383 Å². The van der Waals surface area contributed by atoms with Crippen LogP contribution in [-0.4, -0.2) is 82.3 Å². The van der Waals surface area contributed by atoms with Crippen LogP contribution in [0, 0.1) is 0 Å². The Labute approximate surface area is 591 Å². The predicted octanol–water partition coefficient (Wildman–Crippen LogP) is 25.5. The Morgan fingerprint density at radius 1 is 0.316 bits per heavy atom. The fourth-order valence-corrected chi connectivity index (χ4v) is 12.7. The van der Waals surface area contributed by atoms with Crippen molar-refractivity contribution in [2.45, 2.75) is 437 Å². The zero-order valence-corrected chi connectivity index (χ0v) is 64.1. The van der Waals surface area contributed by atoms with Crippen molar-refractivity contribution in [1.29, 1.82) is 0 Å². The third-order valence-electron chi connectivity index (χ3n) is 19.0. The van der Waals surface area contributed by atoms with Gasteiger partial charge in [0, 0.05) is 12.8 Å². The summed E-state index contributed by atoms with van der Waals surface area (Å²) in [5.74, 6) is -2.25. The molecule has 0 fully saturated rings. The van der Waals surface area contributed by atoms with Crippen LogP contribution < -0.4 is 5.11 Å². The second kappa shape index (κ2) is 77.0. The van der Waals surface area contributed by atoms with Crippen LogP contribution in [0.1, 0.15) is 425 Å². The van der Waals surface area contributed by atoms with E-state index in [9.17, 15) is 19.5 Å². The van der Waals surface area contributed by atoms with Crippen molar-refractivity contribution in [1.82, 2.24) is 0 Å². The van der Waals surface area contributed by atoms with Gasteiger partial charge in [-0.05, 0) is 77.0 Å². The van der Waals surface area contributed by atoms with Crippen molar-refractivity contribution in [2.24, 2.45) is 0 Å². The van der Waals surface area contributed by atoms with E-state index in [-0.39, 0.29) is 32.2 Å². The number of allylic oxidation sites excluding steroid dienone is 8. The molecule has 0 amide bonds. The van der Waals surface area contributed by atoms with E-state index >= 15 is 0 Å². The number of rotatable bonds is 79. The van der Waals surface area contributed by atoms with Crippen LogP contribution in [-0.2, 0) is 33.3 Å². The minimum atomic E-state index is -1.62. The van der Waals surface area contributed by atoms with E-state index in [1.807, 2.05) is 21.1 Å². The highest BCUT2D eigenvalue weighted by molar-refractivity contribution is 5.70. The number of carboxylic acid groups (broad SMARTS) is 1. The van der Waals surface area contributed by atoms with E-state index in [1.165, 1.54) is 347 Å². The van der Waals surface area contributed by atoms with Crippen LogP contribution in [0.25, 0.3) is 0 Å². The highest BCUT2D eigenvalue weighted by Gasteiger charge is 2.22. The van der Waals surface area contributed by atoms with Gasteiger partial charge in [0.25, 0.3) is 0 Å². The molecule has 0 saturated carbocycles. The van der Waals surface area contributed by atoms with Crippen molar-refractivity contribution in [3.63, 3.8) is 0 Å². The van der Waals surface area contributed by atoms with Crippen LogP contribution in [0.3, 0.4) is 0 Å². The quantitative estimate of drug-likeness (QED) is 0.0195. The number of hydrogen-bond acceptors (Lipinski definition) is 8. The maximum atomic E-state index is 13.0. The van der Waals surface area contributed by atoms with E-state index in [4.69, 9.17) is 18.9 Å². The molecule has 2 atom stereocenters. The van der Waals surface area contributed by atoms with Crippen LogP contribution in [0.5, 0.6) is 0 Å². The van der Waals surface area contributed by atoms with Crippen molar-refractivity contribution in [2.75, 3.05) is 47.5 Å². The molecule has 9 heteroatoms. The second-order valence-electron chi connectivity index (χ2n) is 29.8. The molecule has 0 aromatic heterocycles. The first-order chi connectivity index (χ1) is 46.6. The lowest BCUT2D eigenvalue weighted by atomic mass is 10.0. The highest BCUT2D eigenvalue weighted by Crippen LogP contribution is 2.20. The van der Waals surface area contributed by atoms with Crippen LogP contribution in [0.4, 0.5) is 0 Å². The average molecular weight is 1340 g/mol. The monoisotopic (exact) mass is 1340 g/mol. The summed E-state index contributed by atoms with van der Waals surface area (Å²) in [6, 6.07) is 0. The number of hydrogen-bond donors (Lipinski definition) is 0. The molecule has 0 aromatic rings. The first-order valence-electron chi connectivity index (χ1n) is 41.8. The number of carboxylic acids is 1. The first-order valence-corrected chi connectivity index (χ1v) is 41.8. The molecule has 0 spiro atoms. The SMILES string of the molecule is CCCCCCC/C=C\C/C=C\CCCCCCCCCCCCCCCCCCCCCCCCCCCCCCCC(=O)OC(COC(=O)CCCCCCCCCCCCCCCCCCC/C=C\C/C=C\CCCCCCC)COC(OCC[N+](C)(C)C)C(=O)[O-]. The van der Waals surface area contributed by atoms with Crippen LogP contribution in [0.15, 0.2) is 48.6 Å². The number of esters is 2. The normalized spacial score (nSPS) is 12.8. The van der Waals surface area contributed by atoms with Gasteiger partial charge in [0.15, 0.2) is 12.4 Å².